The molecule has 11 heteroatoms. The third kappa shape index (κ3) is 8.61. The van der Waals surface area contributed by atoms with Gasteiger partial charge in [-0.3, -0.25) is 4.72 Å². The Morgan fingerprint density at radius 1 is 1.32 bits per heavy atom. The molecule has 0 aromatic rings. The fourth-order valence-electron chi connectivity index (χ4n) is 1.26. The smallest absolute Gasteiger partial charge is 0.409 e. The lowest BCUT2D eigenvalue weighted by molar-refractivity contribution is 0.139. The number of hydrogen-bond donors (Lipinski definition) is 3. The van der Waals surface area contributed by atoms with E-state index in [2.05, 4.69) is 10.0 Å². The van der Waals surface area contributed by atoms with Crippen LogP contribution < -0.4 is 15.8 Å². The predicted molar refractivity (Wildman–Crippen MR) is 98.5 cm³/mol. The zero-order valence-electron chi connectivity index (χ0n) is 13.2. The van der Waals surface area contributed by atoms with Gasteiger partial charge in [0.2, 0.25) is 12.3 Å². The number of carbonyl (C=O) groups is 1. The maximum absolute atomic E-state index is 11.8. The van der Waals surface area contributed by atoms with E-state index < -0.39 is 18.4 Å². The van der Waals surface area contributed by atoms with Gasteiger partial charge in [-0.05, 0) is 39.5 Å². The largest absolute Gasteiger partial charge is 0.428 e. The number of amides is 1. The van der Waals surface area contributed by atoms with Crippen molar-refractivity contribution in [3.63, 3.8) is 0 Å². The highest BCUT2D eigenvalue weighted by Crippen LogP contribution is 2.54. The summed E-state index contributed by atoms with van der Waals surface area (Å²) in [5.74, 6) is -0.729. The molecule has 0 saturated carbocycles. The molecular weight excluding hydrogens is 365 g/mol. The molecule has 0 aliphatic heterocycles. The van der Waals surface area contributed by atoms with Gasteiger partial charge in [0, 0.05) is 6.04 Å². The topological polar surface area (TPSA) is 94.8 Å². The Balaban J connectivity index is 4.65. The Bertz CT molecular complexity index is 402. The summed E-state index contributed by atoms with van der Waals surface area (Å²) in [6.45, 7) is 5.22. The minimum absolute atomic E-state index is 0.0617. The van der Waals surface area contributed by atoms with Gasteiger partial charge in [-0.25, -0.2) is 4.79 Å². The molecule has 0 aromatic carbocycles. The summed E-state index contributed by atoms with van der Waals surface area (Å²) < 4.78 is 19.2. The number of rotatable bonds is 11. The molecule has 0 aromatic heterocycles. The van der Waals surface area contributed by atoms with Crippen molar-refractivity contribution in [3.05, 3.63) is 0 Å². The summed E-state index contributed by atoms with van der Waals surface area (Å²) in [5, 5.41) is 2.56. The Hall–Kier alpha value is 0.0400. The standard InChI is InChI=1S/C11H24N3O4PS3/c1-5-16-19(21,17-6-2)10(9(12)20)18-11(15)13-7-22-14-8(3)4/h8,10,14H,5-7H2,1-4H3,(H2,12,20)(H,13,15). The van der Waals surface area contributed by atoms with Gasteiger partial charge in [-0.1, -0.05) is 24.2 Å². The lowest BCUT2D eigenvalue weighted by Gasteiger charge is -2.28. The Labute approximate surface area is 146 Å². The van der Waals surface area contributed by atoms with Crippen molar-refractivity contribution in [2.45, 2.75) is 39.6 Å². The summed E-state index contributed by atoms with van der Waals surface area (Å²) in [6.07, 6.45) is -0.676. The zero-order valence-corrected chi connectivity index (χ0v) is 16.5. The minimum Gasteiger partial charge on any atom is -0.428 e. The highest BCUT2D eigenvalue weighted by Gasteiger charge is 2.36. The van der Waals surface area contributed by atoms with Crippen LogP contribution in [0.1, 0.15) is 27.7 Å². The Kier molecular flexibility index (Phi) is 11.6. The minimum atomic E-state index is -2.93. The van der Waals surface area contributed by atoms with Gasteiger partial charge in [0.1, 0.15) is 4.99 Å². The summed E-state index contributed by atoms with van der Waals surface area (Å²) in [6, 6.07) is 0.300. The SMILES string of the molecule is CCOP(=S)(OCC)C(OC(=O)NCSNC(C)C)C(N)=S. The number of carbonyl (C=O) groups excluding carboxylic acids is 1. The molecule has 0 rings (SSSR count). The molecule has 0 radical (unpaired) electrons. The normalized spacial score (nSPS) is 13.0. The number of thiocarbonyl (C=S) groups is 1. The molecule has 7 nitrogen and oxygen atoms in total. The second kappa shape index (κ2) is 11.6. The third-order valence-electron chi connectivity index (χ3n) is 1.98. The van der Waals surface area contributed by atoms with Crippen molar-refractivity contribution in [2.24, 2.45) is 5.73 Å². The molecule has 4 N–H and O–H groups in total. The van der Waals surface area contributed by atoms with E-state index in [0.29, 0.717) is 25.1 Å². The van der Waals surface area contributed by atoms with Crippen molar-refractivity contribution < 1.29 is 18.6 Å². The van der Waals surface area contributed by atoms with Gasteiger partial charge in [0.25, 0.3) is 0 Å². The molecule has 0 fully saturated rings. The second-order valence-corrected chi connectivity index (χ2v) is 9.15. The molecule has 0 spiro atoms. The summed E-state index contributed by atoms with van der Waals surface area (Å²) in [5.41, 5.74) is 5.64. The van der Waals surface area contributed by atoms with Gasteiger partial charge in [-0.15, -0.1) is 0 Å². The first-order valence-electron chi connectivity index (χ1n) is 6.76. The van der Waals surface area contributed by atoms with Crippen LogP contribution in [0.2, 0.25) is 0 Å². The summed E-state index contributed by atoms with van der Waals surface area (Å²) >= 11 is 11.6. The first-order valence-corrected chi connectivity index (χ1v) is 10.9. The molecule has 0 aliphatic rings. The highest BCUT2D eigenvalue weighted by molar-refractivity contribution is 8.10. The van der Waals surface area contributed by atoms with E-state index in [1.807, 2.05) is 13.8 Å². The van der Waals surface area contributed by atoms with Gasteiger partial charge < -0.3 is 24.8 Å². The highest BCUT2D eigenvalue weighted by atomic mass is 32.5. The average Bonchev–Trinajstić information content (AvgIpc) is 2.41. The Morgan fingerprint density at radius 3 is 2.27 bits per heavy atom. The van der Waals surface area contributed by atoms with Crippen molar-refractivity contribution in [2.75, 3.05) is 19.1 Å². The Morgan fingerprint density at radius 2 is 1.86 bits per heavy atom. The van der Waals surface area contributed by atoms with E-state index in [0.717, 1.165) is 0 Å². The predicted octanol–water partition coefficient (Wildman–Crippen LogP) is 2.31. The molecular formula is C11H24N3O4PS3. The van der Waals surface area contributed by atoms with Crippen LogP contribution in [0.25, 0.3) is 0 Å². The van der Waals surface area contributed by atoms with Crippen LogP contribution >= 0.6 is 30.7 Å². The second-order valence-electron chi connectivity index (χ2n) is 4.27. The van der Waals surface area contributed by atoms with Crippen LogP contribution in [0.4, 0.5) is 4.79 Å². The number of ether oxygens (including phenoxy) is 1. The molecule has 0 saturated heterocycles. The number of nitrogens with two attached hydrogens (primary N) is 1. The molecule has 1 unspecified atom stereocenters. The zero-order chi connectivity index (χ0) is 17.2. The van der Waals surface area contributed by atoms with Crippen LogP contribution in [-0.4, -0.2) is 42.1 Å². The molecule has 130 valence electrons. The average molecular weight is 390 g/mol. The number of alkyl carbamates (subject to hydrolysis) is 1. The molecule has 0 aliphatic carbocycles. The molecule has 1 atom stereocenters. The molecule has 1 amide bonds. The van der Waals surface area contributed by atoms with Gasteiger partial charge >= 0.3 is 6.09 Å². The van der Waals surface area contributed by atoms with Gasteiger partial charge in [-0.2, -0.15) is 0 Å². The van der Waals surface area contributed by atoms with E-state index in [1.54, 1.807) is 13.8 Å². The lowest BCUT2D eigenvalue weighted by Crippen LogP contribution is -2.37. The summed E-state index contributed by atoms with van der Waals surface area (Å²) in [7, 11) is 0. The maximum atomic E-state index is 11.8. The first kappa shape index (κ1) is 22.0. The van der Waals surface area contributed by atoms with Crippen LogP contribution in [0.5, 0.6) is 0 Å². The van der Waals surface area contributed by atoms with Gasteiger partial charge in [0.05, 0.1) is 19.1 Å². The van der Waals surface area contributed by atoms with Crippen LogP contribution in [0.3, 0.4) is 0 Å². The summed E-state index contributed by atoms with van der Waals surface area (Å²) in [4.78, 5) is 11.8. The lowest BCUT2D eigenvalue weighted by atomic mass is 10.4. The van der Waals surface area contributed by atoms with Crippen LogP contribution in [0, 0.1) is 0 Å². The van der Waals surface area contributed by atoms with Crippen LogP contribution in [-0.2, 0) is 25.6 Å². The van der Waals surface area contributed by atoms with E-state index in [-0.39, 0.29) is 4.99 Å². The van der Waals surface area contributed by atoms with Crippen LogP contribution in [0.15, 0.2) is 0 Å². The van der Waals surface area contributed by atoms with E-state index in [9.17, 15) is 4.79 Å². The fraction of sp³-hybridized carbons (Fsp3) is 0.818. The van der Waals surface area contributed by atoms with E-state index >= 15 is 0 Å². The first-order chi connectivity index (χ1) is 10.3. The van der Waals surface area contributed by atoms with Crippen molar-refractivity contribution >= 4 is 53.5 Å². The molecule has 22 heavy (non-hydrogen) atoms. The quantitative estimate of drug-likeness (QED) is 0.162. The van der Waals surface area contributed by atoms with Crippen molar-refractivity contribution in [3.8, 4) is 0 Å². The van der Waals surface area contributed by atoms with Crippen molar-refractivity contribution in [1.29, 1.82) is 0 Å². The van der Waals surface area contributed by atoms with Crippen molar-refractivity contribution in [1.82, 2.24) is 10.0 Å². The third-order valence-corrected chi connectivity index (χ3v) is 6.69. The number of nitrogens with one attached hydrogen (secondary N) is 2. The molecule has 0 heterocycles. The fourth-order valence-corrected chi connectivity index (χ4v) is 5.23. The van der Waals surface area contributed by atoms with E-state index in [1.165, 1.54) is 11.9 Å². The van der Waals surface area contributed by atoms with Gasteiger partial charge in [0.15, 0.2) is 0 Å². The maximum Gasteiger partial charge on any atom is 0.409 e. The molecule has 0 bridgehead atoms. The van der Waals surface area contributed by atoms with E-state index in [4.69, 9.17) is 43.5 Å². The number of hydrogen-bond acceptors (Lipinski definition) is 8. The monoisotopic (exact) mass is 389 g/mol.